The molecule has 33 heavy (non-hydrogen) atoms. The second kappa shape index (κ2) is 11.3. The van der Waals surface area contributed by atoms with Gasteiger partial charge in [0.25, 0.3) is 5.91 Å². The summed E-state index contributed by atoms with van der Waals surface area (Å²) in [6.45, 7) is 1.06. The SMILES string of the molecule is CN(C=O)CCCC(=O)Nc1ccc(CNCC(O)c2ccc(O)c3c2OCC(=O)N3)cc1. The molecule has 2 aromatic carbocycles. The summed E-state index contributed by atoms with van der Waals surface area (Å²) in [4.78, 5) is 35.5. The monoisotopic (exact) mass is 456 g/mol. The van der Waals surface area contributed by atoms with Crippen LogP contribution in [0.25, 0.3) is 0 Å². The molecule has 0 saturated heterocycles. The van der Waals surface area contributed by atoms with Gasteiger partial charge < -0.3 is 35.8 Å². The molecular formula is C23H28N4O6. The first-order chi connectivity index (χ1) is 15.9. The van der Waals surface area contributed by atoms with E-state index >= 15 is 0 Å². The molecule has 0 saturated carbocycles. The molecule has 1 aliphatic heterocycles. The van der Waals surface area contributed by atoms with E-state index in [9.17, 15) is 24.6 Å². The molecule has 176 valence electrons. The van der Waals surface area contributed by atoms with Crippen LogP contribution in [0.5, 0.6) is 11.5 Å². The second-order valence-corrected chi connectivity index (χ2v) is 7.80. The van der Waals surface area contributed by atoms with Crippen LogP contribution >= 0.6 is 0 Å². The Bertz CT molecular complexity index is 995. The summed E-state index contributed by atoms with van der Waals surface area (Å²) in [5, 5.41) is 29.0. The average Bonchev–Trinajstić information content (AvgIpc) is 2.80. The molecule has 0 radical (unpaired) electrons. The standard InChI is InChI=1S/C23H28N4O6/c1-27(14-28)10-2-3-20(31)25-16-6-4-15(5-7-16)11-24-12-19(30)17-8-9-18(29)22-23(17)33-13-21(32)26-22/h4-9,14,19,24,29-30H,2-3,10-13H2,1H3,(H,25,31)(H,26,32). The first kappa shape index (κ1) is 24.0. The first-order valence-electron chi connectivity index (χ1n) is 10.6. The summed E-state index contributed by atoms with van der Waals surface area (Å²) in [6.07, 6.45) is 0.738. The summed E-state index contributed by atoms with van der Waals surface area (Å²) in [6, 6.07) is 10.3. The number of carbonyl (C=O) groups excluding carboxylic acids is 3. The second-order valence-electron chi connectivity index (χ2n) is 7.80. The van der Waals surface area contributed by atoms with Gasteiger partial charge in [-0.15, -0.1) is 0 Å². The molecule has 1 aliphatic rings. The molecule has 3 rings (SSSR count). The third-order valence-corrected chi connectivity index (χ3v) is 5.14. The predicted molar refractivity (Wildman–Crippen MR) is 122 cm³/mol. The van der Waals surface area contributed by atoms with E-state index in [0.717, 1.165) is 12.0 Å². The first-order valence-corrected chi connectivity index (χ1v) is 10.6. The van der Waals surface area contributed by atoms with Gasteiger partial charge in [-0.2, -0.15) is 0 Å². The van der Waals surface area contributed by atoms with Gasteiger partial charge in [-0.1, -0.05) is 12.1 Å². The number of phenolic OH excluding ortho intramolecular Hbond substituents is 1. The minimum atomic E-state index is -0.911. The lowest BCUT2D eigenvalue weighted by molar-refractivity contribution is -0.119. The lowest BCUT2D eigenvalue weighted by Crippen LogP contribution is -2.27. The fourth-order valence-electron chi connectivity index (χ4n) is 3.37. The van der Waals surface area contributed by atoms with E-state index in [4.69, 9.17) is 4.74 Å². The van der Waals surface area contributed by atoms with Crippen molar-refractivity contribution < 1.29 is 29.3 Å². The Morgan fingerprint density at radius 1 is 1.27 bits per heavy atom. The van der Waals surface area contributed by atoms with Crippen LogP contribution in [0.4, 0.5) is 11.4 Å². The molecule has 1 atom stereocenters. The number of aromatic hydroxyl groups is 1. The van der Waals surface area contributed by atoms with E-state index in [-0.39, 0.29) is 42.2 Å². The summed E-state index contributed by atoms with van der Waals surface area (Å²) < 4.78 is 5.41. The van der Waals surface area contributed by atoms with Crippen LogP contribution in [-0.4, -0.2) is 60.1 Å². The van der Waals surface area contributed by atoms with Crippen molar-refractivity contribution >= 4 is 29.6 Å². The minimum absolute atomic E-state index is 0.112. The van der Waals surface area contributed by atoms with Gasteiger partial charge in [0.2, 0.25) is 12.3 Å². The van der Waals surface area contributed by atoms with Gasteiger partial charge in [-0.3, -0.25) is 14.4 Å². The fourth-order valence-corrected chi connectivity index (χ4v) is 3.37. The van der Waals surface area contributed by atoms with Gasteiger partial charge in [-0.05, 0) is 36.2 Å². The highest BCUT2D eigenvalue weighted by Gasteiger charge is 2.25. The number of aliphatic hydroxyl groups excluding tert-OH is 1. The Morgan fingerprint density at radius 3 is 2.76 bits per heavy atom. The van der Waals surface area contributed by atoms with Crippen molar-refractivity contribution in [3.8, 4) is 11.5 Å². The number of hydrogen-bond acceptors (Lipinski definition) is 7. The van der Waals surface area contributed by atoms with Crippen LogP contribution in [-0.2, 0) is 20.9 Å². The molecule has 1 heterocycles. The number of nitrogens with zero attached hydrogens (tertiary/aromatic N) is 1. The van der Waals surface area contributed by atoms with Crippen molar-refractivity contribution in [2.24, 2.45) is 0 Å². The normalized spacial score (nSPS) is 13.3. The van der Waals surface area contributed by atoms with Crippen LogP contribution in [0.15, 0.2) is 36.4 Å². The maximum Gasteiger partial charge on any atom is 0.262 e. The number of nitrogens with one attached hydrogen (secondary N) is 3. The Morgan fingerprint density at radius 2 is 2.03 bits per heavy atom. The third kappa shape index (κ3) is 6.67. The van der Waals surface area contributed by atoms with E-state index < -0.39 is 6.10 Å². The number of anilines is 2. The van der Waals surface area contributed by atoms with Crippen molar-refractivity contribution in [1.82, 2.24) is 10.2 Å². The van der Waals surface area contributed by atoms with E-state index in [0.29, 0.717) is 37.2 Å². The number of ether oxygens (including phenoxy) is 1. The predicted octanol–water partition coefficient (Wildman–Crippen LogP) is 1.35. The highest BCUT2D eigenvalue weighted by Crippen LogP contribution is 2.41. The summed E-state index contributed by atoms with van der Waals surface area (Å²) >= 11 is 0. The van der Waals surface area contributed by atoms with Gasteiger partial charge in [0.05, 0.1) is 6.10 Å². The van der Waals surface area contributed by atoms with Gasteiger partial charge in [0.15, 0.2) is 12.4 Å². The van der Waals surface area contributed by atoms with Gasteiger partial charge in [-0.25, -0.2) is 0 Å². The molecule has 1 unspecified atom stereocenters. The molecule has 0 fully saturated rings. The molecule has 2 aromatic rings. The molecule has 10 nitrogen and oxygen atoms in total. The van der Waals surface area contributed by atoms with E-state index in [1.165, 1.54) is 11.0 Å². The number of fused-ring (bicyclic) bond motifs is 1. The summed E-state index contributed by atoms with van der Waals surface area (Å²) in [5.41, 5.74) is 2.27. The lowest BCUT2D eigenvalue weighted by atomic mass is 10.0. The number of hydrogen-bond donors (Lipinski definition) is 5. The Labute approximate surface area is 191 Å². The Hall–Kier alpha value is -3.63. The lowest BCUT2D eigenvalue weighted by Gasteiger charge is -2.24. The smallest absolute Gasteiger partial charge is 0.262 e. The number of benzene rings is 2. The molecular weight excluding hydrogens is 428 g/mol. The quantitative estimate of drug-likeness (QED) is 0.254. The number of carbonyl (C=O) groups is 3. The van der Waals surface area contributed by atoms with Gasteiger partial charge in [0, 0.05) is 44.4 Å². The topological polar surface area (TPSA) is 140 Å². The van der Waals surface area contributed by atoms with E-state index in [1.807, 2.05) is 12.1 Å². The Kier molecular flexibility index (Phi) is 8.22. The van der Waals surface area contributed by atoms with Gasteiger partial charge in [0.1, 0.15) is 11.4 Å². The number of rotatable bonds is 11. The molecule has 0 aliphatic carbocycles. The van der Waals surface area contributed by atoms with E-state index in [1.54, 1.807) is 25.2 Å². The third-order valence-electron chi connectivity index (χ3n) is 5.14. The number of amides is 3. The summed E-state index contributed by atoms with van der Waals surface area (Å²) in [5.74, 6) is -0.337. The van der Waals surface area contributed by atoms with Crippen LogP contribution < -0.4 is 20.7 Å². The van der Waals surface area contributed by atoms with Crippen LogP contribution in [0.1, 0.15) is 30.1 Å². The molecule has 5 N–H and O–H groups in total. The zero-order valence-electron chi connectivity index (χ0n) is 18.3. The minimum Gasteiger partial charge on any atom is -0.506 e. The van der Waals surface area contributed by atoms with E-state index in [2.05, 4.69) is 16.0 Å². The van der Waals surface area contributed by atoms with Crippen molar-refractivity contribution in [2.45, 2.75) is 25.5 Å². The van der Waals surface area contributed by atoms with Crippen molar-refractivity contribution in [1.29, 1.82) is 0 Å². The molecule has 3 amide bonds. The van der Waals surface area contributed by atoms with Gasteiger partial charge >= 0.3 is 0 Å². The summed E-state index contributed by atoms with van der Waals surface area (Å²) in [7, 11) is 1.67. The number of phenols is 1. The molecule has 0 bridgehead atoms. The van der Waals surface area contributed by atoms with Crippen LogP contribution in [0.2, 0.25) is 0 Å². The zero-order chi connectivity index (χ0) is 23.8. The maximum atomic E-state index is 12.0. The fraction of sp³-hybridized carbons (Fsp3) is 0.348. The van der Waals surface area contributed by atoms with Crippen molar-refractivity contribution in [3.05, 3.63) is 47.5 Å². The molecule has 0 aromatic heterocycles. The molecule has 10 heteroatoms. The Balaban J connectivity index is 1.46. The zero-order valence-corrected chi connectivity index (χ0v) is 18.3. The van der Waals surface area contributed by atoms with Crippen molar-refractivity contribution in [2.75, 3.05) is 37.4 Å². The average molecular weight is 456 g/mol. The van der Waals surface area contributed by atoms with Crippen LogP contribution in [0, 0.1) is 0 Å². The van der Waals surface area contributed by atoms with Crippen LogP contribution in [0.3, 0.4) is 0 Å². The van der Waals surface area contributed by atoms with Crippen molar-refractivity contribution in [3.63, 3.8) is 0 Å². The maximum absolute atomic E-state index is 12.0. The number of aliphatic hydroxyl groups is 1. The largest absolute Gasteiger partial charge is 0.506 e. The molecule has 0 spiro atoms. The highest BCUT2D eigenvalue weighted by atomic mass is 16.5. The highest BCUT2D eigenvalue weighted by molar-refractivity contribution is 5.97.